The Labute approximate surface area is 100 Å². The van der Waals surface area contributed by atoms with Gasteiger partial charge in [-0.05, 0) is 26.3 Å². The smallest absolute Gasteiger partial charge is 0.223 e. The fourth-order valence-electron chi connectivity index (χ4n) is 1.38. The highest BCUT2D eigenvalue weighted by atomic mass is 32.1. The highest BCUT2D eigenvalue weighted by Gasteiger charge is 2.12. The lowest BCUT2D eigenvalue weighted by Gasteiger charge is -2.10. The predicted molar refractivity (Wildman–Crippen MR) is 66.2 cm³/mol. The summed E-state index contributed by atoms with van der Waals surface area (Å²) in [5.74, 6) is 0.117. The van der Waals surface area contributed by atoms with Crippen LogP contribution in [0.3, 0.4) is 0 Å². The lowest BCUT2D eigenvalue weighted by atomic mass is 10.1. The number of amides is 1. The first-order valence-electron chi connectivity index (χ1n) is 5.52. The molecule has 1 unspecified atom stereocenters. The van der Waals surface area contributed by atoms with Crippen molar-refractivity contribution in [2.24, 2.45) is 11.7 Å². The summed E-state index contributed by atoms with van der Waals surface area (Å²) in [7, 11) is 0. The molecule has 90 valence electrons. The Kier molecular flexibility index (Phi) is 5.42. The molecule has 0 saturated carbocycles. The first kappa shape index (κ1) is 13.1. The fraction of sp³-hybridized carbons (Fsp3) is 0.636. The third kappa shape index (κ3) is 4.28. The highest BCUT2D eigenvalue weighted by Crippen LogP contribution is 2.09. The number of nitrogens with one attached hydrogen (secondary N) is 1. The average Bonchev–Trinajstić information content (AvgIpc) is 2.68. The molecule has 1 amide bonds. The summed E-state index contributed by atoms with van der Waals surface area (Å²) in [5, 5.41) is 5.83. The second-order valence-electron chi connectivity index (χ2n) is 3.93. The summed E-state index contributed by atoms with van der Waals surface area (Å²) < 4.78 is 0. The first-order valence-corrected chi connectivity index (χ1v) is 6.40. The second-order valence-corrected chi connectivity index (χ2v) is 4.88. The van der Waals surface area contributed by atoms with Gasteiger partial charge in [-0.1, -0.05) is 6.92 Å². The Morgan fingerprint density at radius 3 is 3.00 bits per heavy atom. The number of rotatable bonds is 6. The van der Waals surface area contributed by atoms with Crippen molar-refractivity contribution in [3.8, 4) is 0 Å². The molecular formula is C11H19N3OS. The normalized spacial score (nSPS) is 12.4. The van der Waals surface area contributed by atoms with E-state index in [2.05, 4.69) is 10.3 Å². The van der Waals surface area contributed by atoms with Crippen molar-refractivity contribution >= 4 is 17.2 Å². The number of nitrogens with two attached hydrogens (primary N) is 1. The van der Waals surface area contributed by atoms with Gasteiger partial charge in [-0.2, -0.15) is 0 Å². The summed E-state index contributed by atoms with van der Waals surface area (Å²) in [6, 6.07) is 0. The number of hydrogen-bond donors (Lipinski definition) is 2. The molecule has 4 nitrogen and oxygen atoms in total. The number of carbonyl (C=O) groups excluding carboxylic acids is 1. The molecule has 1 aromatic heterocycles. The van der Waals surface area contributed by atoms with Gasteiger partial charge in [0.2, 0.25) is 5.91 Å². The minimum Gasteiger partial charge on any atom is -0.349 e. The van der Waals surface area contributed by atoms with Crippen LogP contribution < -0.4 is 11.1 Å². The molecule has 0 bridgehead atoms. The highest BCUT2D eigenvalue weighted by molar-refractivity contribution is 7.09. The molecule has 0 fully saturated rings. The van der Waals surface area contributed by atoms with E-state index >= 15 is 0 Å². The van der Waals surface area contributed by atoms with E-state index in [0.29, 0.717) is 13.1 Å². The van der Waals surface area contributed by atoms with Gasteiger partial charge in [0, 0.05) is 17.0 Å². The lowest BCUT2D eigenvalue weighted by molar-refractivity contribution is -0.124. The Morgan fingerprint density at radius 1 is 1.69 bits per heavy atom. The molecule has 0 radical (unpaired) electrons. The third-order valence-corrected chi connectivity index (χ3v) is 3.34. The fourth-order valence-corrected chi connectivity index (χ4v) is 2.09. The average molecular weight is 241 g/mol. The summed E-state index contributed by atoms with van der Waals surface area (Å²) in [4.78, 5) is 15.9. The number of thiazole rings is 1. The minimum absolute atomic E-state index is 0.0320. The van der Waals surface area contributed by atoms with Gasteiger partial charge in [-0.3, -0.25) is 4.79 Å². The van der Waals surface area contributed by atoms with Gasteiger partial charge in [0.15, 0.2) is 0 Å². The van der Waals surface area contributed by atoms with Gasteiger partial charge in [-0.15, -0.1) is 11.3 Å². The van der Waals surface area contributed by atoms with E-state index in [0.717, 1.165) is 23.5 Å². The van der Waals surface area contributed by atoms with Gasteiger partial charge >= 0.3 is 0 Å². The van der Waals surface area contributed by atoms with E-state index < -0.39 is 0 Å². The summed E-state index contributed by atoms with van der Waals surface area (Å²) in [5.41, 5.74) is 6.41. The largest absolute Gasteiger partial charge is 0.349 e. The maximum atomic E-state index is 11.7. The van der Waals surface area contributed by atoms with Gasteiger partial charge in [0.25, 0.3) is 0 Å². The van der Waals surface area contributed by atoms with Crippen LogP contribution in [0.1, 0.15) is 30.5 Å². The topological polar surface area (TPSA) is 68.0 Å². The molecule has 0 aliphatic heterocycles. The van der Waals surface area contributed by atoms with E-state index in [9.17, 15) is 4.79 Å². The van der Waals surface area contributed by atoms with Crippen LogP contribution in [0, 0.1) is 12.8 Å². The van der Waals surface area contributed by atoms with Crippen LogP contribution in [0.15, 0.2) is 5.38 Å². The standard InChI is InChI=1S/C11H19N3OS/c1-8(4-3-5-12)11(15)13-6-10-14-9(2)7-16-10/h7-8H,3-6,12H2,1-2H3,(H,13,15). The zero-order chi connectivity index (χ0) is 12.0. The van der Waals surface area contributed by atoms with Crippen LogP contribution in [0.5, 0.6) is 0 Å². The Morgan fingerprint density at radius 2 is 2.44 bits per heavy atom. The van der Waals surface area contributed by atoms with Crippen molar-refractivity contribution in [2.75, 3.05) is 6.54 Å². The van der Waals surface area contributed by atoms with Crippen LogP contribution in [-0.4, -0.2) is 17.4 Å². The molecular weight excluding hydrogens is 222 g/mol. The van der Waals surface area contributed by atoms with Crippen molar-refractivity contribution in [3.05, 3.63) is 16.1 Å². The van der Waals surface area contributed by atoms with Crippen LogP contribution in [0.4, 0.5) is 0 Å². The monoisotopic (exact) mass is 241 g/mol. The number of carbonyl (C=O) groups is 1. The number of hydrogen-bond acceptors (Lipinski definition) is 4. The molecule has 0 saturated heterocycles. The van der Waals surface area contributed by atoms with Gasteiger partial charge in [0.05, 0.1) is 6.54 Å². The zero-order valence-electron chi connectivity index (χ0n) is 9.82. The number of nitrogens with zero attached hydrogens (tertiary/aromatic N) is 1. The first-order chi connectivity index (χ1) is 7.63. The predicted octanol–water partition coefficient (Wildman–Crippen LogP) is 1.44. The number of aromatic nitrogens is 1. The summed E-state index contributed by atoms with van der Waals surface area (Å²) in [6.07, 6.45) is 1.74. The van der Waals surface area contributed by atoms with Crippen molar-refractivity contribution in [1.82, 2.24) is 10.3 Å². The molecule has 0 aromatic carbocycles. The molecule has 1 rings (SSSR count). The minimum atomic E-state index is 0.0320. The molecule has 5 heteroatoms. The van der Waals surface area contributed by atoms with Crippen molar-refractivity contribution in [3.63, 3.8) is 0 Å². The second kappa shape index (κ2) is 6.60. The van der Waals surface area contributed by atoms with Crippen molar-refractivity contribution < 1.29 is 4.79 Å². The maximum Gasteiger partial charge on any atom is 0.223 e. The van der Waals surface area contributed by atoms with Gasteiger partial charge in [0.1, 0.15) is 5.01 Å². The molecule has 1 atom stereocenters. The molecule has 1 heterocycles. The van der Waals surface area contributed by atoms with Crippen molar-refractivity contribution in [1.29, 1.82) is 0 Å². The van der Waals surface area contributed by atoms with E-state index in [-0.39, 0.29) is 11.8 Å². The zero-order valence-corrected chi connectivity index (χ0v) is 10.6. The van der Waals surface area contributed by atoms with E-state index in [4.69, 9.17) is 5.73 Å². The Bertz CT molecular complexity index is 338. The van der Waals surface area contributed by atoms with E-state index in [1.54, 1.807) is 11.3 Å². The molecule has 0 aliphatic rings. The molecule has 0 aliphatic carbocycles. The van der Waals surface area contributed by atoms with Crippen LogP contribution >= 0.6 is 11.3 Å². The van der Waals surface area contributed by atoms with Gasteiger partial charge in [-0.25, -0.2) is 4.98 Å². The van der Waals surface area contributed by atoms with Crippen LogP contribution in [0.25, 0.3) is 0 Å². The molecule has 0 spiro atoms. The lowest BCUT2D eigenvalue weighted by Crippen LogP contribution is -2.29. The van der Waals surface area contributed by atoms with E-state index in [1.165, 1.54) is 0 Å². The molecule has 1 aromatic rings. The van der Waals surface area contributed by atoms with Crippen LogP contribution in [0.2, 0.25) is 0 Å². The quantitative estimate of drug-likeness (QED) is 0.792. The SMILES string of the molecule is Cc1csc(CNC(=O)C(C)CCCN)n1. The van der Waals surface area contributed by atoms with Gasteiger partial charge < -0.3 is 11.1 Å². The van der Waals surface area contributed by atoms with Crippen LogP contribution in [-0.2, 0) is 11.3 Å². The third-order valence-electron chi connectivity index (χ3n) is 2.37. The number of aryl methyl sites for hydroxylation is 1. The maximum absolute atomic E-state index is 11.7. The Hall–Kier alpha value is -0.940. The van der Waals surface area contributed by atoms with Crippen molar-refractivity contribution in [2.45, 2.75) is 33.2 Å². The molecule has 3 N–H and O–H groups in total. The Balaban J connectivity index is 2.29. The summed E-state index contributed by atoms with van der Waals surface area (Å²) in [6.45, 7) is 5.05. The summed E-state index contributed by atoms with van der Waals surface area (Å²) >= 11 is 1.58. The molecule has 16 heavy (non-hydrogen) atoms. The van der Waals surface area contributed by atoms with E-state index in [1.807, 2.05) is 19.2 Å².